The lowest BCUT2D eigenvalue weighted by Gasteiger charge is -2.26. The summed E-state index contributed by atoms with van der Waals surface area (Å²) in [5, 5.41) is 2.88. The highest BCUT2D eigenvalue weighted by molar-refractivity contribution is 7.89. The third kappa shape index (κ3) is 3.91. The minimum Gasteiger partial charge on any atom is -0.379 e. The number of aryl methyl sites for hydroxylation is 1. The van der Waals surface area contributed by atoms with Crippen LogP contribution in [0.3, 0.4) is 0 Å². The number of carbonyl (C=O) groups excluding carboxylic acids is 1. The van der Waals surface area contributed by atoms with Crippen molar-refractivity contribution in [3.8, 4) is 0 Å². The lowest BCUT2D eigenvalue weighted by Crippen LogP contribution is -2.40. The van der Waals surface area contributed by atoms with Crippen molar-refractivity contribution in [1.29, 1.82) is 0 Å². The van der Waals surface area contributed by atoms with Crippen LogP contribution in [0, 0.1) is 6.92 Å². The molecule has 0 saturated carbocycles. The number of rotatable bonds is 4. The molecule has 0 unspecified atom stereocenters. The first-order valence-corrected chi connectivity index (χ1v) is 9.96. The molecule has 1 aliphatic rings. The van der Waals surface area contributed by atoms with Crippen molar-refractivity contribution in [3.63, 3.8) is 0 Å². The summed E-state index contributed by atoms with van der Waals surface area (Å²) >= 11 is 6.12. The normalized spacial score (nSPS) is 15.6. The predicted molar refractivity (Wildman–Crippen MR) is 100 cm³/mol. The molecule has 3 rings (SSSR count). The van der Waals surface area contributed by atoms with Gasteiger partial charge in [-0.3, -0.25) is 4.79 Å². The first kappa shape index (κ1) is 18.8. The molecule has 0 radical (unpaired) electrons. The lowest BCUT2D eigenvalue weighted by atomic mass is 10.1. The Bertz CT molecular complexity index is 925. The summed E-state index contributed by atoms with van der Waals surface area (Å²) in [6.45, 7) is 3.08. The van der Waals surface area contributed by atoms with Gasteiger partial charge in [0.05, 0.1) is 18.2 Å². The van der Waals surface area contributed by atoms with E-state index in [4.69, 9.17) is 16.3 Å². The summed E-state index contributed by atoms with van der Waals surface area (Å²) < 4.78 is 32.2. The van der Waals surface area contributed by atoms with Crippen LogP contribution in [0.2, 0.25) is 5.02 Å². The van der Waals surface area contributed by atoms with Gasteiger partial charge in [-0.2, -0.15) is 4.31 Å². The van der Waals surface area contributed by atoms with E-state index < -0.39 is 15.9 Å². The molecule has 138 valence electrons. The molecule has 0 bridgehead atoms. The number of morpholine rings is 1. The van der Waals surface area contributed by atoms with E-state index in [0.717, 1.165) is 5.56 Å². The van der Waals surface area contributed by atoms with Crippen molar-refractivity contribution in [2.75, 3.05) is 31.6 Å². The maximum atomic E-state index is 12.8. The van der Waals surface area contributed by atoms with Gasteiger partial charge in [-0.05, 0) is 36.8 Å². The average molecular weight is 395 g/mol. The number of carbonyl (C=O) groups is 1. The number of hydrogen-bond acceptors (Lipinski definition) is 4. The molecule has 0 aliphatic carbocycles. The largest absolute Gasteiger partial charge is 0.379 e. The Balaban J connectivity index is 1.90. The first-order valence-electron chi connectivity index (χ1n) is 8.14. The number of benzene rings is 2. The van der Waals surface area contributed by atoms with Crippen molar-refractivity contribution in [3.05, 3.63) is 58.6 Å². The zero-order valence-electron chi connectivity index (χ0n) is 14.2. The quantitative estimate of drug-likeness (QED) is 0.865. The van der Waals surface area contributed by atoms with E-state index in [0.29, 0.717) is 18.9 Å². The van der Waals surface area contributed by atoms with Crippen LogP contribution < -0.4 is 5.32 Å². The van der Waals surface area contributed by atoms with Gasteiger partial charge < -0.3 is 10.1 Å². The van der Waals surface area contributed by atoms with Crippen LogP contribution in [-0.4, -0.2) is 44.9 Å². The number of nitrogens with one attached hydrogen (secondary N) is 1. The topological polar surface area (TPSA) is 75.7 Å². The molecule has 0 aromatic heterocycles. The second-order valence-corrected chi connectivity index (χ2v) is 8.24. The fraction of sp³-hybridized carbons (Fsp3) is 0.278. The van der Waals surface area contributed by atoms with E-state index in [2.05, 4.69) is 5.32 Å². The number of hydrogen-bond donors (Lipinski definition) is 1. The van der Waals surface area contributed by atoms with E-state index in [1.807, 2.05) is 25.1 Å². The highest BCUT2D eigenvalue weighted by atomic mass is 35.5. The second kappa shape index (κ2) is 7.75. The standard InChI is InChI=1S/C18H19ClN2O4S/c1-13-4-2-3-5-16(13)20-18(22)14-6-7-15(19)17(12-14)26(23,24)21-8-10-25-11-9-21/h2-7,12H,8-11H2,1H3,(H,20,22). The minimum atomic E-state index is -3.79. The molecule has 1 amide bonds. The summed E-state index contributed by atoms with van der Waals surface area (Å²) in [5.41, 5.74) is 1.81. The summed E-state index contributed by atoms with van der Waals surface area (Å²) in [6, 6.07) is 11.6. The molecular formula is C18H19ClN2O4S. The molecule has 1 N–H and O–H groups in total. The van der Waals surface area contributed by atoms with E-state index in [9.17, 15) is 13.2 Å². The highest BCUT2D eigenvalue weighted by Crippen LogP contribution is 2.27. The van der Waals surface area contributed by atoms with E-state index in [1.54, 1.807) is 6.07 Å². The number of sulfonamides is 1. The Morgan fingerprint density at radius 1 is 1.15 bits per heavy atom. The maximum absolute atomic E-state index is 12.8. The van der Waals surface area contributed by atoms with Crippen LogP contribution in [0.1, 0.15) is 15.9 Å². The third-order valence-electron chi connectivity index (χ3n) is 4.17. The number of amides is 1. The summed E-state index contributed by atoms with van der Waals surface area (Å²) in [5.74, 6) is -0.394. The Morgan fingerprint density at radius 3 is 2.54 bits per heavy atom. The van der Waals surface area contributed by atoms with E-state index in [1.165, 1.54) is 22.5 Å². The van der Waals surface area contributed by atoms with E-state index >= 15 is 0 Å². The average Bonchev–Trinajstić information content (AvgIpc) is 2.64. The van der Waals surface area contributed by atoms with Gasteiger partial charge in [0.25, 0.3) is 5.91 Å². The zero-order valence-corrected chi connectivity index (χ0v) is 15.8. The molecule has 2 aromatic rings. The van der Waals surface area contributed by atoms with Crippen molar-refractivity contribution < 1.29 is 17.9 Å². The van der Waals surface area contributed by atoms with Gasteiger partial charge in [0.2, 0.25) is 10.0 Å². The third-order valence-corrected chi connectivity index (χ3v) is 6.55. The summed E-state index contributed by atoms with van der Waals surface area (Å²) in [7, 11) is -3.79. The number of halogens is 1. The number of para-hydroxylation sites is 1. The van der Waals surface area contributed by atoms with Crippen LogP contribution >= 0.6 is 11.6 Å². The van der Waals surface area contributed by atoms with E-state index in [-0.39, 0.29) is 28.6 Å². The molecule has 6 nitrogen and oxygen atoms in total. The highest BCUT2D eigenvalue weighted by Gasteiger charge is 2.29. The Morgan fingerprint density at radius 2 is 1.85 bits per heavy atom. The second-order valence-electron chi connectivity index (χ2n) is 5.93. The fourth-order valence-corrected chi connectivity index (χ4v) is 4.58. The van der Waals surface area contributed by atoms with Crippen LogP contribution in [0.25, 0.3) is 0 Å². The molecule has 1 aliphatic heterocycles. The van der Waals surface area contributed by atoms with Crippen LogP contribution in [0.15, 0.2) is 47.4 Å². The molecule has 0 atom stereocenters. The van der Waals surface area contributed by atoms with Crippen molar-refractivity contribution >= 4 is 33.2 Å². The van der Waals surface area contributed by atoms with Gasteiger partial charge in [-0.1, -0.05) is 29.8 Å². The maximum Gasteiger partial charge on any atom is 0.255 e. The number of anilines is 1. The van der Waals surface area contributed by atoms with Gasteiger partial charge in [-0.15, -0.1) is 0 Å². The Kier molecular flexibility index (Phi) is 5.62. The van der Waals surface area contributed by atoms with Crippen molar-refractivity contribution in [1.82, 2.24) is 4.31 Å². The SMILES string of the molecule is Cc1ccccc1NC(=O)c1ccc(Cl)c(S(=O)(=O)N2CCOCC2)c1. The predicted octanol–water partition coefficient (Wildman–Crippen LogP) is 2.92. The van der Waals surface area contributed by atoms with Crippen LogP contribution in [-0.2, 0) is 14.8 Å². The molecule has 8 heteroatoms. The van der Waals surface area contributed by atoms with Crippen LogP contribution in [0.4, 0.5) is 5.69 Å². The summed E-state index contributed by atoms with van der Waals surface area (Å²) in [6.07, 6.45) is 0. The van der Waals surface area contributed by atoms with Gasteiger partial charge in [0, 0.05) is 24.3 Å². The number of ether oxygens (including phenoxy) is 1. The molecule has 1 heterocycles. The minimum absolute atomic E-state index is 0.0708. The van der Waals surface area contributed by atoms with Crippen molar-refractivity contribution in [2.24, 2.45) is 0 Å². The van der Waals surface area contributed by atoms with Gasteiger partial charge in [0.15, 0.2) is 0 Å². The van der Waals surface area contributed by atoms with Gasteiger partial charge in [0.1, 0.15) is 4.90 Å². The Labute approximate surface area is 157 Å². The lowest BCUT2D eigenvalue weighted by molar-refractivity contribution is 0.0730. The molecule has 0 spiro atoms. The van der Waals surface area contributed by atoms with Crippen molar-refractivity contribution in [2.45, 2.75) is 11.8 Å². The van der Waals surface area contributed by atoms with Gasteiger partial charge in [-0.25, -0.2) is 8.42 Å². The van der Waals surface area contributed by atoms with Crippen LogP contribution in [0.5, 0.6) is 0 Å². The molecular weight excluding hydrogens is 376 g/mol. The smallest absolute Gasteiger partial charge is 0.255 e. The monoisotopic (exact) mass is 394 g/mol. The number of nitrogens with zero attached hydrogens (tertiary/aromatic N) is 1. The van der Waals surface area contributed by atoms with Gasteiger partial charge >= 0.3 is 0 Å². The molecule has 1 saturated heterocycles. The first-order chi connectivity index (χ1) is 12.4. The molecule has 2 aromatic carbocycles. The fourth-order valence-electron chi connectivity index (χ4n) is 2.68. The molecule has 1 fully saturated rings. The molecule has 26 heavy (non-hydrogen) atoms. The zero-order chi connectivity index (χ0) is 18.7. The Hall–Kier alpha value is -1.93. The summed E-state index contributed by atoms with van der Waals surface area (Å²) in [4.78, 5) is 12.5.